The molecule has 2 heteroatoms. The molecule has 0 bridgehead atoms. The summed E-state index contributed by atoms with van der Waals surface area (Å²) in [7, 11) is 0. The van der Waals surface area contributed by atoms with E-state index in [1.54, 1.807) is 0 Å². The molecule has 0 saturated heterocycles. The van der Waals surface area contributed by atoms with Crippen molar-refractivity contribution in [2.24, 2.45) is 5.92 Å². The Morgan fingerprint density at radius 1 is 1.47 bits per heavy atom. The molecule has 1 saturated carbocycles. The molecule has 0 radical (unpaired) electrons. The quantitative estimate of drug-likeness (QED) is 0.813. The van der Waals surface area contributed by atoms with Gasteiger partial charge in [0.05, 0.1) is 11.6 Å². The van der Waals surface area contributed by atoms with Crippen molar-refractivity contribution in [1.82, 2.24) is 0 Å². The van der Waals surface area contributed by atoms with Crippen LogP contribution in [0.15, 0.2) is 24.3 Å². The molecule has 0 heterocycles. The predicted octanol–water partition coefficient (Wildman–Crippen LogP) is 3.16. The van der Waals surface area contributed by atoms with Crippen LogP contribution in [0.25, 0.3) is 0 Å². The summed E-state index contributed by atoms with van der Waals surface area (Å²) < 4.78 is 0. The summed E-state index contributed by atoms with van der Waals surface area (Å²) in [6, 6.07) is 10.4. The number of nitrogens with one attached hydrogen (secondary N) is 1. The van der Waals surface area contributed by atoms with E-state index in [2.05, 4.69) is 18.3 Å². The fourth-order valence-corrected chi connectivity index (χ4v) is 2.00. The van der Waals surface area contributed by atoms with E-state index in [1.807, 2.05) is 24.3 Å². The minimum atomic E-state index is 0.521. The van der Waals surface area contributed by atoms with Crippen LogP contribution in [0.4, 0.5) is 5.69 Å². The summed E-state index contributed by atoms with van der Waals surface area (Å²) in [6.07, 6.45) is 4.05. The fourth-order valence-electron chi connectivity index (χ4n) is 2.00. The molecule has 2 rings (SSSR count). The van der Waals surface area contributed by atoms with Crippen LogP contribution in [0.1, 0.15) is 31.7 Å². The molecule has 1 unspecified atom stereocenters. The van der Waals surface area contributed by atoms with Gasteiger partial charge in [-0.1, -0.05) is 12.5 Å². The molecule has 15 heavy (non-hydrogen) atoms. The smallest absolute Gasteiger partial charge is 0.0992 e. The zero-order chi connectivity index (χ0) is 10.7. The maximum Gasteiger partial charge on any atom is 0.0992 e. The fraction of sp³-hybridized carbons (Fsp3) is 0.462. The van der Waals surface area contributed by atoms with Gasteiger partial charge in [0.1, 0.15) is 0 Å². The Hall–Kier alpha value is -1.49. The first-order valence-electron chi connectivity index (χ1n) is 5.56. The van der Waals surface area contributed by atoms with Gasteiger partial charge in [-0.3, -0.25) is 0 Å². The second-order valence-electron chi connectivity index (χ2n) is 4.32. The Morgan fingerprint density at radius 3 is 2.87 bits per heavy atom. The van der Waals surface area contributed by atoms with Crippen molar-refractivity contribution < 1.29 is 0 Å². The molecule has 0 spiro atoms. The zero-order valence-corrected chi connectivity index (χ0v) is 9.03. The molecule has 1 atom stereocenters. The number of hydrogen-bond donors (Lipinski definition) is 1. The van der Waals surface area contributed by atoms with Gasteiger partial charge in [-0.2, -0.15) is 5.26 Å². The normalized spacial score (nSPS) is 17.6. The maximum atomic E-state index is 8.78. The highest BCUT2D eigenvalue weighted by molar-refractivity contribution is 5.49. The van der Waals surface area contributed by atoms with E-state index >= 15 is 0 Å². The van der Waals surface area contributed by atoms with E-state index in [1.165, 1.54) is 19.3 Å². The molecule has 2 nitrogen and oxygen atoms in total. The third-order valence-corrected chi connectivity index (χ3v) is 3.24. The topological polar surface area (TPSA) is 35.8 Å². The Bertz CT molecular complexity index is 374. The van der Waals surface area contributed by atoms with E-state index in [0.717, 1.165) is 17.2 Å². The second-order valence-corrected chi connectivity index (χ2v) is 4.32. The lowest BCUT2D eigenvalue weighted by atomic mass is 9.80. The molecule has 1 aromatic rings. The van der Waals surface area contributed by atoms with Crippen LogP contribution in [0.5, 0.6) is 0 Å². The Balaban J connectivity index is 2.00. The summed E-state index contributed by atoms with van der Waals surface area (Å²) in [5.74, 6) is 0.816. The van der Waals surface area contributed by atoms with Crippen LogP contribution in [0, 0.1) is 17.2 Å². The van der Waals surface area contributed by atoms with E-state index in [4.69, 9.17) is 5.26 Å². The second kappa shape index (κ2) is 4.35. The van der Waals surface area contributed by atoms with Crippen molar-refractivity contribution >= 4 is 5.69 Å². The van der Waals surface area contributed by atoms with Crippen molar-refractivity contribution in [2.45, 2.75) is 32.2 Å². The Labute approximate surface area is 90.9 Å². The molecule has 1 aliphatic rings. The summed E-state index contributed by atoms with van der Waals surface area (Å²) in [5.41, 5.74) is 1.79. The minimum absolute atomic E-state index is 0.521. The van der Waals surface area contributed by atoms with Gasteiger partial charge in [0.15, 0.2) is 0 Å². The number of benzene rings is 1. The monoisotopic (exact) mass is 200 g/mol. The van der Waals surface area contributed by atoms with Gasteiger partial charge in [-0.05, 0) is 43.9 Å². The highest BCUT2D eigenvalue weighted by Gasteiger charge is 2.23. The highest BCUT2D eigenvalue weighted by atomic mass is 14.9. The third kappa shape index (κ3) is 2.30. The first kappa shape index (κ1) is 10.0. The van der Waals surface area contributed by atoms with Gasteiger partial charge in [0.2, 0.25) is 0 Å². The lowest BCUT2D eigenvalue weighted by Crippen LogP contribution is -2.30. The Kier molecular flexibility index (Phi) is 2.91. The molecule has 78 valence electrons. The number of anilines is 1. The van der Waals surface area contributed by atoms with Crippen molar-refractivity contribution in [3.63, 3.8) is 0 Å². The largest absolute Gasteiger partial charge is 0.382 e. The molecule has 0 amide bonds. The van der Waals surface area contributed by atoms with Gasteiger partial charge < -0.3 is 5.32 Å². The van der Waals surface area contributed by atoms with Crippen LogP contribution < -0.4 is 5.32 Å². The summed E-state index contributed by atoms with van der Waals surface area (Å²) >= 11 is 0. The summed E-state index contributed by atoms with van der Waals surface area (Å²) in [5, 5.41) is 12.3. The van der Waals surface area contributed by atoms with Crippen LogP contribution in [0.3, 0.4) is 0 Å². The molecular formula is C13H16N2. The van der Waals surface area contributed by atoms with Crippen LogP contribution in [-0.4, -0.2) is 6.04 Å². The van der Waals surface area contributed by atoms with Gasteiger partial charge in [0, 0.05) is 11.7 Å². The van der Waals surface area contributed by atoms with Crippen LogP contribution in [-0.2, 0) is 0 Å². The van der Waals surface area contributed by atoms with Crippen LogP contribution >= 0.6 is 0 Å². The van der Waals surface area contributed by atoms with Crippen LogP contribution in [0.2, 0.25) is 0 Å². The standard InChI is InChI=1S/C13H16N2/c1-10(12-5-3-6-12)15-13-7-2-4-11(8-13)9-14/h2,4,7-8,10,12,15H,3,5-6H2,1H3. The van der Waals surface area contributed by atoms with E-state index in [-0.39, 0.29) is 0 Å². The molecule has 0 aliphatic heterocycles. The number of hydrogen-bond acceptors (Lipinski definition) is 2. The maximum absolute atomic E-state index is 8.78. The van der Waals surface area contributed by atoms with E-state index in [9.17, 15) is 0 Å². The average Bonchev–Trinajstić information content (AvgIpc) is 2.15. The van der Waals surface area contributed by atoms with Crippen molar-refractivity contribution in [2.75, 3.05) is 5.32 Å². The SMILES string of the molecule is CC(Nc1cccc(C#N)c1)C1CCC1. The number of rotatable bonds is 3. The lowest BCUT2D eigenvalue weighted by molar-refractivity contribution is 0.285. The summed E-state index contributed by atoms with van der Waals surface area (Å²) in [6.45, 7) is 2.23. The molecule has 1 aliphatic carbocycles. The van der Waals surface area contributed by atoms with Crippen molar-refractivity contribution in [3.05, 3.63) is 29.8 Å². The van der Waals surface area contributed by atoms with Crippen molar-refractivity contribution in [1.29, 1.82) is 5.26 Å². The molecule has 1 aromatic carbocycles. The van der Waals surface area contributed by atoms with Gasteiger partial charge in [0.25, 0.3) is 0 Å². The summed E-state index contributed by atoms with van der Waals surface area (Å²) in [4.78, 5) is 0. The first-order chi connectivity index (χ1) is 7.29. The molecular weight excluding hydrogens is 184 g/mol. The number of nitrogens with zero attached hydrogens (tertiary/aromatic N) is 1. The molecule has 1 N–H and O–H groups in total. The number of nitriles is 1. The minimum Gasteiger partial charge on any atom is -0.382 e. The van der Waals surface area contributed by atoms with Gasteiger partial charge in [-0.25, -0.2) is 0 Å². The van der Waals surface area contributed by atoms with Gasteiger partial charge in [-0.15, -0.1) is 0 Å². The first-order valence-corrected chi connectivity index (χ1v) is 5.56. The molecule has 0 aromatic heterocycles. The third-order valence-electron chi connectivity index (χ3n) is 3.24. The predicted molar refractivity (Wildman–Crippen MR) is 61.6 cm³/mol. The average molecular weight is 200 g/mol. The Morgan fingerprint density at radius 2 is 2.27 bits per heavy atom. The zero-order valence-electron chi connectivity index (χ0n) is 9.03. The highest BCUT2D eigenvalue weighted by Crippen LogP contribution is 2.31. The van der Waals surface area contributed by atoms with E-state index in [0.29, 0.717) is 6.04 Å². The van der Waals surface area contributed by atoms with Crippen molar-refractivity contribution in [3.8, 4) is 6.07 Å². The molecule has 1 fully saturated rings. The lowest BCUT2D eigenvalue weighted by Gasteiger charge is -2.32. The van der Waals surface area contributed by atoms with E-state index < -0.39 is 0 Å². The van der Waals surface area contributed by atoms with Gasteiger partial charge >= 0.3 is 0 Å².